The molecule has 2 aromatic carbocycles. The van der Waals surface area contributed by atoms with Crippen LogP contribution in [0.3, 0.4) is 0 Å². The lowest BCUT2D eigenvalue weighted by Crippen LogP contribution is -3.19. The zero-order valence-corrected chi connectivity index (χ0v) is 17.0. The predicted octanol–water partition coefficient (Wildman–Crippen LogP) is 2.73. The van der Waals surface area contributed by atoms with Crippen molar-refractivity contribution in [2.75, 3.05) is 43.5 Å². The number of ether oxygens (including phenoxy) is 1. The van der Waals surface area contributed by atoms with Gasteiger partial charge in [0.25, 0.3) is 5.91 Å². The number of anilines is 2. The van der Waals surface area contributed by atoms with Gasteiger partial charge >= 0.3 is 0 Å². The monoisotopic (exact) mass is 408 g/mol. The summed E-state index contributed by atoms with van der Waals surface area (Å²) in [5.74, 6) is 0.829. The molecule has 1 fully saturated rings. The van der Waals surface area contributed by atoms with E-state index in [1.54, 1.807) is 25.3 Å². The molecule has 0 bridgehead atoms. The van der Waals surface area contributed by atoms with Crippen molar-refractivity contribution in [2.24, 2.45) is 0 Å². The molecular formula is C20H24Cl2N3O2+. The molecule has 1 aliphatic rings. The molecule has 0 unspecified atom stereocenters. The highest BCUT2D eigenvalue weighted by Gasteiger charge is 2.29. The minimum atomic E-state index is -0.152. The van der Waals surface area contributed by atoms with Crippen molar-refractivity contribution < 1.29 is 14.4 Å². The van der Waals surface area contributed by atoms with Crippen LogP contribution >= 0.6 is 23.2 Å². The second kappa shape index (κ2) is 8.83. The molecule has 2 N–H and O–H groups in total. The Labute approximate surface area is 169 Å². The van der Waals surface area contributed by atoms with E-state index in [4.69, 9.17) is 27.9 Å². The number of halogens is 2. The van der Waals surface area contributed by atoms with Crippen LogP contribution in [0.25, 0.3) is 0 Å². The first-order valence-corrected chi connectivity index (χ1v) is 9.72. The Morgan fingerprint density at radius 1 is 1.11 bits per heavy atom. The minimum absolute atomic E-state index is 0.0266. The van der Waals surface area contributed by atoms with E-state index in [1.165, 1.54) is 10.6 Å². The summed E-state index contributed by atoms with van der Waals surface area (Å²) in [7, 11) is 1.67. The number of nitrogens with one attached hydrogen (secondary N) is 2. The topological polar surface area (TPSA) is 46.0 Å². The Bertz CT molecular complexity index is 770. The Hall–Kier alpha value is -1.95. The highest BCUT2D eigenvalue weighted by Crippen LogP contribution is 2.22. The fourth-order valence-corrected chi connectivity index (χ4v) is 3.87. The predicted molar refractivity (Wildman–Crippen MR) is 110 cm³/mol. The van der Waals surface area contributed by atoms with Crippen molar-refractivity contribution in [1.29, 1.82) is 0 Å². The van der Waals surface area contributed by atoms with E-state index in [-0.39, 0.29) is 11.9 Å². The molecule has 7 heteroatoms. The maximum absolute atomic E-state index is 12.6. The number of amides is 1. The summed E-state index contributed by atoms with van der Waals surface area (Å²) in [6.07, 6.45) is 0. The van der Waals surface area contributed by atoms with Crippen LogP contribution < -0.4 is 19.9 Å². The average molecular weight is 409 g/mol. The van der Waals surface area contributed by atoms with Crippen molar-refractivity contribution in [1.82, 2.24) is 0 Å². The van der Waals surface area contributed by atoms with Crippen molar-refractivity contribution in [3.05, 3.63) is 52.5 Å². The Morgan fingerprint density at radius 3 is 2.26 bits per heavy atom. The van der Waals surface area contributed by atoms with Gasteiger partial charge in [0.15, 0.2) is 6.04 Å². The van der Waals surface area contributed by atoms with E-state index in [0.29, 0.717) is 15.7 Å². The van der Waals surface area contributed by atoms with E-state index < -0.39 is 0 Å². The highest BCUT2D eigenvalue weighted by atomic mass is 35.5. The number of hydrogen-bond donors (Lipinski definition) is 2. The fourth-order valence-electron chi connectivity index (χ4n) is 3.34. The first kappa shape index (κ1) is 19.8. The Morgan fingerprint density at radius 2 is 1.70 bits per heavy atom. The zero-order chi connectivity index (χ0) is 19.4. The number of benzene rings is 2. The third kappa shape index (κ3) is 5.06. The van der Waals surface area contributed by atoms with Crippen LogP contribution in [0.1, 0.15) is 6.92 Å². The van der Waals surface area contributed by atoms with Crippen LogP contribution in [0.4, 0.5) is 11.4 Å². The normalized spacial score (nSPS) is 16.1. The molecule has 27 heavy (non-hydrogen) atoms. The quantitative estimate of drug-likeness (QED) is 0.799. The van der Waals surface area contributed by atoms with E-state index >= 15 is 0 Å². The van der Waals surface area contributed by atoms with Gasteiger partial charge in [-0.15, -0.1) is 0 Å². The van der Waals surface area contributed by atoms with Crippen LogP contribution in [-0.4, -0.2) is 45.2 Å². The molecule has 1 atom stereocenters. The van der Waals surface area contributed by atoms with Crippen LogP contribution in [0.5, 0.6) is 5.75 Å². The standard InChI is InChI=1S/C20H23Cl2N3O2/c1-14(20(26)23-17-12-15(21)11-16(22)13-17)24-7-9-25(10-8-24)18-3-5-19(27-2)6-4-18/h3-6,11-14H,7-10H2,1-2H3,(H,23,26)/p+1/t14-/m0/s1. The molecule has 1 heterocycles. The second-order valence-corrected chi connectivity index (χ2v) is 7.59. The van der Waals surface area contributed by atoms with Crippen LogP contribution in [0, 0.1) is 0 Å². The number of rotatable bonds is 5. The molecule has 1 amide bonds. The van der Waals surface area contributed by atoms with E-state index in [0.717, 1.165) is 31.9 Å². The van der Waals surface area contributed by atoms with Gasteiger partial charge in [-0.3, -0.25) is 4.79 Å². The molecular weight excluding hydrogens is 385 g/mol. The molecule has 2 aromatic rings. The molecule has 0 saturated carbocycles. The van der Waals surface area contributed by atoms with E-state index in [1.807, 2.05) is 19.1 Å². The number of carbonyl (C=O) groups is 1. The van der Waals surface area contributed by atoms with Gasteiger partial charge in [-0.1, -0.05) is 23.2 Å². The summed E-state index contributed by atoms with van der Waals surface area (Å²) in [5, 5.41) is 3.93. The number of carbonyl (C=O) groups excluding carboxylic acids is 1. The molecule has 3 rings (SSSR count). The summed E-state index contributed by atoms with van der Waals surface area (Å²) < 4.78 is 5.21. The molecule has 0 spiro atoms. The lowest BCUT2D eigenvalue weighted by atomic mass is 10.2. The van der Waals surface area contributed by atoms with E-state index in [9.17, 15) is 4.79 Å². The summed E-state index contributed by atoms with van der Waals surface area (Å²) in [6, 6.07) is 13.0. The third-order valence-electron chi connectivity index (χ3n) is 4.98. The van der Waals surface area contributed by atoms with Crippen molar-refractivity contribution in [3.63, 3.8) is 0 Å². The summed E-state index contributed by atoms with van der Waals surface area (Å²) >= 11 is 12.0. The number of nitrogens with zero attached hydrogens (tertiary/aromatic N) is 1. The van der Waals surface area contributed by atoms with Crippen LogP contribution in [-0.2, 0) is 4.79 Å². The van der Waals surface area contributed by atoms with Crippen LogP contribution in [0.15, 0.2) is 42.5 Å². The lowest BCUT2D eigenvalue weighted by Gasteiger charge is -2.36. The molecule has 1 saturated heterocycles. The third-order valence-corrected chi connectivity index (χ3v) is 5.42. The number of piperazine rings is 1. The van der Waals surface area contributed by atoms with Crippen LogP contribution in [0.2, 0.25) is 10.0 Å². The molecule has 1 aliphatic heterocycles. The minimum Gasteiger partial charge on any atom is -0.497 e. The van der Waals surface area contributed by atoms with E-state index in [2.05, 4.69) is 22.3 Å². The lowest BCUT2D eigenvalue weighted by molar-refractivity contribution is -0.914. The molecule has 0 aromatic heterocycles. The highest BCUT2D eigenvalue weighted by molar-refractivity contribution is 6.35. The summed E-state index contributed by atoms with van der Waals surface area (Å²) in [6.45, 7) is 5.57. The molecule has 0 radical (unpaired) electrons. The smallest absolute Gasteiger partial charge is 0.282 e. The maximum atomic E-state index is 12.6. The number of methoxy groups -OCH3 is 1. The summed E-state index contributed by atoms with van der Waals surface area (Å²) in [4.78, 5) is 16.2. The SMILES string of the molecule is COc1ccc(N2CC[NH+]([C@@H](C)C(=O)Nc3cc(Cl)cc(Cl)c3)CC2)cc1. The molecule has 5 nitrogen and oxygen atoms in total. The largest absolute Gasteiger partial charge is 0.497 e. The average Bonchev–Trinajstić information content (AvgIpc) is 2.67. The van der Waals surface area contributed by atoms with Crippen molar-refractivity contribution in [2.45, 2.75) is 13.0 Å². The van der Waals surface area contributed by atoms with Gasteiger partial charge < -0.3 is 19.9 Å². The maximum Gasteiger partial charge on any atom is 0.282 e. The second-order valence-electron chi connectivity index (χ2n) is 6.71. The van der Waals surface area contributed by atoms with Crippen molar-refractivity contribution in [3.8, 4) is 5.75 Å². The zero-order valence-electron chi connectivity index (χ0n) is 15.5. The molecule has 0 aliphatic carbocycles. The number of quaternary nitrogens is 1. The van der Waals surface area contributed by atoms with Gasteiger partial charge in [0.2, 0.25) is 0 Å². The Kier molecular flexibility index (Phi) is 6.47. The van der Waals surface area contributed by atoms with Gasteiger partial charge in [-0.05, 0) is 49.4 Å². The van der Waals surface area contributed by atoms with Crippen molar-refractivity contribution >= 4 is 40.5 Å². The van der Waals surface area contributed by atoms with Gasteiger partial charge in [0.1, 0.15) is 5.75 Å². The fraction of sp³-hybridized carbons (Fsp3) is 0.350. The van der Waals surface area contributed by atoms with Gasteiger partial charge in [0.05, 0.1) is 33.3 Å². The number of hydrogen-bond acceptors (Lipinski definition) is 3. The molecule has 144 valence electrons. The first-order valence-electron chi connectivity index (χ1n) is 8.97. The first-order chi connectivity index (χ1) is 13.0. The van der Waals surface area contributed by atoms with Gasteiger partial charge in [-0.25, -0.2) is 0 Å². The van der Waals surface area contributed by atoms with Gasteiger partial charge in [0, 0.05) is 21.4 Å². The van der Waals surface area contributed by atoms with Gasteiger partial charge in [-0.2, -0.15) is 0 Å². The Balaban J connectivity index is 1.55. The summed E-state index contributed by atoms with van der Waals surface area (Å²) in [5.41, 5.74) is 1.81.